The lowest BCUT2D eigenvalue weighted by Gasteiger charge is -2.29. The van der Waals surface area contributed by atoms with E-state index in [9.17, 15) is 5.11 Å². The molecule has 0 saturated carbocycles. The Morgan fingerprint density at radius 3 is 2.23 bits per heavy atom. The number of hydrogen-bond donors (Lipinski definition) is 2. The van der Waals surface area contributed by atoms with Crippen molar-refractivity contribution in [3.05, 3.63) is 118 Å². The minimum atomic E-state index is -0.181. The Bertz CT molecular complexity index is 1400. The highest BCUT2D eigenvalue weighted by Gasteiger charge is 2.25. The predicted octanol–water partition coefficient (Wildman–Crippen LogP) is 5.78. The molecule has 0 saturated heterocycles. The number of rotatable bonds is 11. The first-order valence-corrected chi connectivity index (χ1v) is 13.2. The van der Waals surface area contributed by atoms with Crippen molar-refractivity contribution in [3.8, 4) is 23.0 Å². The number of nitrogens with one attached hydrogen (secondary N) is 1. The van der Waals surface area contributed by atoms with Gasteiger partial charge in [0.1, 0.15) is 13.2 Å². The van der Waals surface area contributed by atoms with Crippen molar-refractivity contribution >= 4 is 0 Å². The number of ether oxygens (including phenoxy) is 4. The third-order valence-corrected chi connectivity index (χ3v) is 7.11. The standard InChI is InChI=1S/C33H35NO5/c1-36-30-14-13-25(28(20-35)33(30)39-22-24-11-7-4-8-12-24)17-29-27-19-32(38-21-23-9-5-3-6-10-23)31(37-2)18-26(27)15-16-34-29/h3-14,18-19,29,34-35H,15-17,20-22H2,1-2H3/i2D. The van der Waals surface area contributed by atoms with Crippen LogP contribution in [0.4, 0.5) is 0 Å². The molecule has 39 heavy (non-hydrogen) atoms. The van der Waals surface area contributed by atoms with Crippen LogP contribution >= 0.6 is 0 Å². The molecule has 6 heteroatoms. The van der Waals surface area contributed by atoms with Crippen LogP contribution in [0.3, 0.4) is 0 Å². The largest absolute Gasteiger partial charge is 0.493 e. The van der Waals surface area contributed by atoms with Gasteiger partial charge in [-0.1, -0.05) is 66.7 Å². The molecule has 4 aromatic rings. The first-order valence-electron chi connectivity index (χ1n) is 13.9. The van der Waals surface area contributed by atoms with E-state index >= 15 is 0 Å². The van der Waals surface area contributed by atoms with Crippen LogP contribution in [0.15, 0.2) is 84.9 Å². The summed E-state index contributed by atoms with van der Waals surface area (Å²) in [6, 6.07) is 27.9. The van der Waals surface area contributed by atoms with E-state index in [0.29, 0.717) is 42.6 Å². The van der Waals surface area contributed by atoms with Crippen LogP contribution in [0.1, 0.15) is 40.8 Å². The first-order chi connectivity index (χ1) is 19.7. The number of hydrogen-bond acceptors (Lipinski definition) is 6. The number of methoxy groups -OCH3 is 2. The van der Waals surface area contributed by atoms with Crippen LogP contribution in [-0.4, -0.2) is 25.8 Å². The van der Waals surface area contributed by atoms with Crippen LogP contribution in [0.25, 0.3) is 0 Å². The Hall–Kier alpha value is -4.00. The van der Waals surface area contributed by atoms with Crippen molar-refractivity contribution in [1.82, 2.24) is 5.32 Å². The van der Waals surface area contributed by atoms with Gasteiger partial charge in [0.25, 0.3) is 0 Å². The Kier molecular flexibility index (Phi) is 8.23. The van der Waals surface area contributed by atoms with Gasteiger partial charge >= 0.3 is 0 Å². The Balaban J connectivity index is 1.43. The molecule has 202 valence electrons. The molecule has 1 unspecified atom stereocenters. The fourth-order valence-electron chi connectivity index (χ4n) is 5.07. The molecule has 0 spiro atoms. The van der Waals surface area contributed by atoms with Crippen molar-refractivity contribution < 1.29 is 25.4 Å². The molecule has 0 radical (unpaired) electrons. The van der Waals surface area contributed by atoms with Crippen molar-refractivity contribution in [2.45, 2.75) is 38.7 Å². The topological polar surface area (TPSA) is 69.2 Å². The molecule has 1 atom stereocenters. The molecular formula is C33H35NO5. The van der Waals surface area contributed by atoms with Crippen LogP contribution in [0.2, 0.25) is 0 Å². The molecule has 5 rings (SSSR count). The highest BCUT2D eigenvalue weighted by Crippen LogP contribution is 2.40. The van der Waals surface area contributed by atoms with Crippen LogP contribution in [0, 0.1) is 0 Å². The fourth-order valence-corrected chi connectivity index (χ4v) is 5.07. The first kappa shape index (κ1) is 25.3. The quantitative estimate of drug-likeness (QED) is 0.258. The fraction of sp³-hybridized carbons (Fsp3) is 0.273. The molecule has 1 heterocycles. The molecule has 4 aromatic carbocycles. The van der Waals surface area contributed by atoms with E-state index < -0.39 is 0 Å². The van der Waals surface area contributed by atoms with E-state index in [-0.39, 0.29) is 19.7 Å². The van der Waals surface area contributed by atoms with Gasteiger partial charge in [-0.05, 0) is 65.4 Å². The van der Waals surface area contributed by atoms with Gasteiger partial charge in [0.2, 0.25) is 0 Å². The van der Waals surface area contributed by atoms with Crippen LogP contribution < -0.4 is 24.3 Å². The third-order valence-electron chi connectivity index (χ3n) is 7.11. The molecule has 1 aliphatic heterocycles. The lowest BCUT2D eigenvalue weighted by Crippen LogP contribution is -2.31. The number of benzene rings is 4. The highest BCUT2D eigenvalue weighted by molar-refractivity contribution is 5.53. The number of aliphatic hydroxyl groups excluding tert-OH is 1. The zero-order valence-corrected chi connectivity index (χ0v) is 22.2. The second kappa shape index (κ2) is 12.7. The summed E-state index contributed by atoms with van der Waals surface area (Å²) in [5.74, 6) is 2.36. The van der Waals surface area contributed by atoms with Gasteiger partial charge in [0.05, 0.1) is 22.2 Å². The lowest BCUT2D eigenvalue weighted by atomic mass is 9.88. The van der Waals surface area contributed by atoms with Crippen LogP contribution in [-0.2, 0) is 32.7 Å². The van der Waals surface area contributed by atoms with Crippen LogP contribution in [0.5, 0.6) is 23.0 Å². The monoisotopic (exact) mass is 526 g/mol. The minimum absolute atomic E-state index is 0.00598. The summed E-state index contributed by atoms with van der Waals surface area (Å²) in [5, 5.41) is 14.1. The summed E-state index contributed by atoms with van der Waals surface area (Å²) >= 11 is 0. The molecule has 0 aromatic heterocycles. The van der Waals surface area contributed by atoms with E-state index in [1.165, 1.54) is 5.56 Å². The summed E-state index contributed by atoms with van der Waals surface area (Å²) < 4.78 is 31.3. The Morgan fingerprint density at radius 1 is 0.846 bits per heavy atom. The van der Waals surface area contributed by atoms with Gasteiger partial charge in [-0.15, -0.1) is 0 Å². The molecule has 0 amide bonds. The summed E-state index contributed by atoms with van der Waals surface area (Å²) in [6.07, 6.45) is 1.49. The maximum absolute atomic E-state index is 10.4. The summed E-state index contributed by atoms with van der Waals surface area (Å²) in [5.41, 5.74) is 6.09. The van der Waals surface area contributed by atoms with Crippen molar-refractivity contribution in [3.63, 3.8) is 0 Å². The van der Waals surface area contributed by atoms with Crippen molar-refractivity contribution in [2.24, 2.45) is 0 Å². The van der Waals surface area contributed by atoms with E-state index in [1.807, 2.05) is 84.9 Å². The average molecular weight is 527 g/mol. The molecule has 0 bridgehead atoms. The second-order valence-electron chi connectivity index (χ2n) is 9.54. The molecule has 6 nitrogen and oxygen atoms in total. The molecule has 0 aliphatic carbocycles. The SMILES string of the molecule is [2H]COc1cc2c(cc1OCc1ccccc1)C(Cc1ccc(OC)c(OCc3ccccc3)c1CO)NCC2. The van der Waals surface area contributed by atoms with Gasteiger partial charge in [-0.2, -0.15) is 0 Å². The van der Waals surface area contributed by atoms with Gasteiger partial charge < -0.3 is 29.4 Å². The molecular weight excluding hydrogens is 490 g/mol. The van der Waals surface area contributed by atoms with Gasteiger partial charge in [0, 0.05) is 11.6 Å². The van der Waals surface area contributed by atoms with Crippen molar-refractivity contribution in [2.75, 3.05) is 20.7 Å². The molecule has 2 N–H and O–H groups in total. The van der Waals surface area contributed by atoms with Gasteiger partial charge in [0.15, 0.2) is 23.0 Å². The van der Waals surface area contributed by atoms with E-state index in [0.717, 1.165) is 40.8 Å². The van der Waals surface area contributed by atoms with E-state index in [1.54, 1.807) is 7.11 Å². The normalized spacial score (nSPS) is 14.7. The smallest absolute Gasteiger partial charge is 0.167 e. The number of fused-ring (bicyclic) bond motifs is 1. The highest BCUT2D eigenvalue weighted by atomic mass is 16.5. The predicted molar refractivity (Wildman–Crippen MR) is 152 cm³/mol. The van der Waals surface area contributed by atoms with E-state index in [4.69, 9.17) is 20.3 Å². The summed E-state index contributed by atoms with van der Waals surface area (Å²) in [7, 11) is 1.43. The third kappa shape index (κ3) is 6.19. The van der Waals surface area contributed by atoms with Gasteiger partial charge in [-0.25, -0.2) is 0 Å². The maximum atomic E-state index is 10.4. The minimum Gasteiger partial charge on any atom is -0.493 e. The maximum Gasteiger partial charge on any atom is 0.167 e. The van der Waals surface area contributed by atoms with Crippen molar-refractivity contribution in [1.29, 1.82) is 0 Å². The average Bonchev–Trinajstić information content (AvgIpc) is 3.00. The summed E-state index contributed by atoms with van der Waals surface area (Å²) in [6.45, 7) is 1.42. The van der Waals surface area contributed by atoms with E-state index in [2.05, 4.69) is 5.32 Å². The second-order valence-corrected chi connectivity index (χ2v) is 9.54. The molecule has 0 fully saturated rings. The Labute approximate surface area is 231 Å². The lowest BCUT2D eigenvalue weighted by molar-refractivity contribution is 0.248. The zero-order valence-electron chi connectivity index (χ0n) is 23.2. The zero-order chi connectivity index (χ0) is 27.7. The van der Waals surface area contributed by atoms with Gasteiger partial charge in [-0.3, -0.25) is 0 Å². The number of aliphatic hydroxyl groups is 1. The summed E-state index contributed by atoms with van der Waals surface area (Å²) in [4.78, 5) is 0. The molecule has 1 aliphatic rings. The Morgan fingerprint density at radius 2 is 1.56 bits per heavy atom.